The Labute approximate surface area is 36.5 Å². The summed E-state index contributed by atoms with van der Waals surface area (Å²) in [6.07, 6.45) is 0. The molecular weight excluding hydrogens is 112 g/mol. The summed E-state index contributed by atoms with van der Waals surface area (Å²) in [5.41, 5.74) is 12.2. The normalized spacial score (nSPS) is 2.00. The average molecular weight is 116 g/mol. The van der Waals surface area contributed by atoms with Gasteiger partial charge in [-0.2, -0.15) is 0 Å². The van der Waals surface area contributed by atoms with Gasteiger partial charge in [-0.05, 0) is 10.4 Å². The molecule has 0 unspecified atom stereocenters. The van der Waals surface area contributed by atoms with Crippen LogP contribution in [0.3, 0.4) is 0 Å². The first kappa shape index (κ1) is 9.04. The standard InChI is InChI=1S/Ga.HN3.3H/c;1-3-2;;;/h;1H;;;. The van der Waals surface area contributed by atoms with Crippen LogP contribution in [-0.2, 0) is 0 Å². The Morgan fingerprint density at radius 1 is 1.75 bits per heavy atom. The summed E-state index contributed by atoms with van der Waals surface area (Å²) in [6.45, 7) is 0. The van der Waals surface area contributed by atoms with Crippen molar-refractivity contribution in [2.45, 2.75) is 0 Å². The fourth-order valence-corrected chi connectivity index (χ4v) is 0. The molecule has 0 radical (unpaired) electrons. The SMILES string of the molecule is [GaH3].[N-]=[N+]=N. The first-order valence-electron chi connectivity index (χ1n) is 0.424. The number of hydrogen-bond donors (Lipinski definition) is 1. The van der Waals surface area contributed by atoms with Crippen molar-refractivity contribution in [1.29, 1.82) is 5.53 Å². The van der Waals surface area contributed by atoms with E-state index < -0.39 is 0 Å². The molecule has 3 nitrogen and oxygen atoms in total. The monoisotopic (exact) mass is 115 g/mol. The smallest absolute Gasteiger partial charge is 0.00208 e. The van der Waals surface area contributed by atoms with Crippen molar-refractivity contribution < 1.29 is 0 Å². The molecule has 0 aliphatic rings. The van der Waals surface area contributed by atoms with Gasteiger partial charge >= 0.3 is 19.8 Å². The van der Waals surface area contributed by atoms with Crippen LogP contribution in [0, 0.1) is 5.53 Å². The van der Waals surface area contributed by atoms with E-state index in [9.17, 15) is 0 Å². The van der Waals surface area contributed by atoms with E-state index in [1.165, 1.54) is 0 Å². The van der Waals surface area contributed by atoms with E-state index >= 15 is 0 Å². The molecule has 0 atom stereocenters. The van der Waals surface area contributed by atoms with E-state index in [2.05, 4.69) is 0 Å². The van der Waals surface area contributed by atoms with Crippen molar-refractivity contribution in [3.63, 3.8) is 0 Å². The third-order valence-corrected chi connectivity index (χ3v) is 0. The summed E-state index contributed by atoms with van der Waals surface area (Å²) in [4.78, 5) is 1.75. The Morgan fingerprint density at radius 3 is 1.75 bits per heavy atom. The molecule has 0 heterocycles. The molecule has 0 saturated heterocycles. The van der Waals surface area contributed by atoms with Gasteiger partial charge in [0.05, 0.1) is 0 Å². The topological polar surface area (TPSA) is 60.3 Å². The fourth-order valence-electron chi connectivity index (χ4n) is 0. The third kappa shape index (κ3) is 606. The molecule has 22 valence electrons. The molecule has 0 aliphatic heterocycles. The number of rotatable bonds is 0. The second-order valence-corrected chi connectivity index (χ2v) is 0.100. The molecule has 4 heteroatoms. The van der Waals surface area contributed by atoms with Crippen molar-refractivity contribution in [1.82, 2.24) is 0 Å². The first-order valence-corrected chi connectivity index (χ1v) is 0.424. The van der Waals surface area contributed by atoms with Crippen molar-refractivity contribution in [2.75, 3.05) is 0 Å². The Bertz CT molecular complexity index is 24.3. The minimum atomic E-state index is 0. The predicted molar refractivity (Wildman–Crippen MR) is 19.4 cm³/mol. The quantitative estimate of drug-likeness (QED) is 0.195. The summed E-state index contributed by atoms with van der Waals surface area (Å²) in [5.74, 6) is 0. The van der Waals surface area contributed by atoms with E-state index in [0.29, 0.717) is 0 Å². The van der Waals surface area contributed by atoms with Crippen LogP contribution in [0.1, 0.15) is 0 Å². The molecule has 0 amide bonds. The van der Waals surface area contributed by atoms with Crippen molar-refractivity contribution >= 4 is 19.8 Å². The molecule has 0 spiro atoms. The number of hydrogen-bond acceptors (Lipinski definition) is 1. The minimum Gasteiger partial charge on any atom is -0.108 e. The van der Waals surface area contributed by atoms with Crippen LogP contribution in [-0.4, -0.2) is 19.8 Å². The Kier molecular flexibility index (Phi) is 28.2. The molecule has 0 bridgehead atoms. The van der Waals surface area contributed by atoms with E-state index in [-0.39, 0.29) is 19.8 Å². The average Bonchev–Trinajstić information content (AvgIpc) is 0.918. The van der Waals surface area contributed by atoms with Gasteiger partial charge in [0.15, 0.2) is 0 Å². The van der Waals surface area contributed by atoms with Gasteiger partial charge in [-0.15, -0.1) is 5.53 Å². The largest absolute Gasteiger partial charge is 0.108 e. The first-order chi connectivity index (χ1) is 1.41. The van der Waals surface area contributed by atoms with Crippen molar-refractivity contribution in [3.05, 3.63) is 10.4 Å². The summed E-state index contributed by atoms with van der Waals surface area (Å²) in [5, 5.41) is 0. The summed E-state index contributed by atoms with van der Waals surface area (Å²) < 4.78 is 0. The second-order valence-electron chi connectivity index (χ2n) is 0.100. The Morgan fingerprint density at radius 2 is 1.75 bits per heavy atom. The van der Waals surface area contributed by atoms with Gasteiger partial charge in [-0.1, -0.05) is 0 Å². The molecule has 0 aromatic heterocycles. The van der Waals surface area contributed by atoms with Crippen LogP contribution in [0.15, 0.2) is 0 Å². The molecule has 0 rings (SSSR count). The Balaban J connectivity index is 0. The maximum Gasteiger partial charge on any atom is -0.00208 e. The van der Waals surface area contributed by atoms with Crippen molar-refractivity contribution in [3.8, 4) is 0 Å². The molecule has 0 aromatic carbocycles. The molecule has 0 saturated carbocycles. The van der Waals surface area contributed by atoms with Gasteiger partial charge in [0.1, 0.15) is 0 Å². The van der Waals surface area contributed by atoms with Gasteiger partial charge in [0, 0.05) is 0 Å². The van der Waals surface area contributed by atoms with Gasteiger partial charge in [0.2, 0.25) is 0 Å². The van der Waals surface area contributed by atoms with Gasteiger partial charge in [0.25, 0.3) is 0 Å². The van der Waals surface area contributed by atoms with E-state index in [1.54, 1.807) is 4.91 Å². The predicted octanol–water partition coefficient (Wildman–Crippen LogP) is -0.308. The number of nitrogens with zero attached hydrogens (tertiary/aromatic N) is 2. The third-order valence-electron chi connectivity index (χ3n) is 0. The maximum atomic E-state index is 6.86. The fraction of sp³-hybridized carbons (Fsp3) is 0. The van der Waals surface area contributed by atoms with E-state index in [0.717, 1.165) is 0 Å². The molecule has 0 fully saturated rings. The maximum absolute atomic E-state index is 6.86. The molecule has 0 aliphatic carbocycles. The summed E-state index contributed by atoms with van der Waals surface area (Å²) in [6, 6.07) is 0. The van der Waals surface area contributed by atoms with Crippen molar-refractivity contribution in [2.24, 2.45) is 0 Å². The number of nitrogens with one attached hydrogen (secondary N) is 1. The zero-order valence-corrected chi connectivity index (χ0v) is 1.39. The zero-order valence-electron chi connectivity index (χ0n) is 1.39. The van der Waals surface area contributed by atoms with Crippen LogP contribution >= 0.6 is 0 Å². The van der Waals surface area contributed by atoms with Gasteiger partial charge in [-0.25, -0.2) is 0 Å². The summed E-state index contributed by atoms with van der Waals surface area (Å²) in [7, 11) is 0. The van der Waals surface area contributed by atoms with Crippen LogP contribution in [0.2, 0.25) is 0 Å². The molecular formula is H4GaN3. The molecule has 1 N–H and O–H groups in total. The molecule has 4 heavy (non-hydrogen) atoms. The Hall–Kier alpha value is -0.0536. The van der Waals surface area contributed by atoms with Crippen LogP contribution in [0.4, 0.5) is 0 Å². The van der Waals surface area contributed by atoms with E-state index in [4.69, 9.17) is 11.1 Å². The van der Waals surface area contributed by atoms with E-state index in [1.807, 2.05) is 0 Å². The molecule has 0 aromatic rings. The van der Waals surface area contributed by atoms with Crippen LogP contribution in [0.25, 0.3) is 10.4 Å². The van der Waals surface area contributed by atoms with Crippen LogP contribution in [0.5, 0.6) is 0 Å². The van der Waals surface area contributed by atoms with Gasteiger partial charge < -0.3 is 0 Å². The van der Waals surface area contributed by atoms with Crippen LogP contribution < -0.4 is 0 Å². The minimum absolute atomic E-state index is 0. The zero-order chi connectivity index (χ0) is 2.71. The second kappa shape index (κ2) is 12.5. The van der Waals surface area contributed by atoms with Gasteiger partial charge in [-0.3, -0.25) is 0 Å². The summed E-state index contributed by atoms with van der Waals surface area (Å²) >= 11 is 0.